The largest absolute Gasteiger partial charge is 0.478 e. The molecule has 2 aromatic rings. The monoisotopic (exact) mass is 307 g/mol. The van der Waals surface area contributed by atoms with E-state index in [-0.39, 0.29) is 16.9 Å². The molecule has 0 atom stereocenters. The van der Waals surface area contributed by atoms with Gasteiger partial charge in [0.1, 0.15) is 17.6 Å². The zero-order valence-corrected chi connectivity index (χ0v) is 11.4. The Hall–Kier alpha value is -2.22. The van der Waals surface area contributed by atoms with Crippen LogP contribution in [0.3, 0.4) is 0 Å². The second-order valence-electron chi connectivity index (χ2n) is 3.84. The average molecular weight is 308 g/mol. The number of rotatable bonds is 3. The van der Waals surface area contributed by atoms with E-state index in [0.717, 1.165) is 0 Å². The topological polar surface area (TPSA) is 70.3 Å². The van der Waals surface area contributed by atoms with Crippen LogP contribution < -0.4 is 4.74 Å². The zero-order valence-electron chi connectivity index (χ0n) is 9.93. The molecule has 4 nitrogen and oxygen atoms in total. The van der Waals surface area contributed by atoms with Crippen molar-refractivity contribution in [3.63, 3.8) is 0 Å². The minimum Gasteiger partial charge on any atom is -0.478 e. The third-order valence-electron chi connectivity index (χ3n) is 2.41. The molecular formula is C14H7Cl2NO3. The molecule has 0 spiro atoms. The number of carbonyl (C=O) groups is 1. The SMILES string of the molecule is N#Cc1cc(C(=O)O)ccc1Oc1cc(Cl)cc(Cl)c1. The van der Waals surface area contributed by atoms with E-state index in [1.807, 2.05) is 6.07 Å². The van der Waals surface area contributed by atoms with Crippen LogP contribution in [0, 0.1) is 11.3 Å². The van der Waals surface area contributed by atoms with Crippen molar-refractivity contribution in [1.82, 2.24) is 0 Å². The molecular weight excluding hydrogens is 301 g/mol. The van der Waals surface area contributed by atoms with Crippen molar-refractivity contribution in [3.8, 4) is 17.6 Å². The second kappa shape index (κ2) is 5.83. The summed E-state index contributed by atoms with van der Waals surface area (Å²) in [7, 11) is 0. The maximum absolute atomic E-state index is 10.8. The number of carboxylic acid groups (broad SMARTS) is 1. The highest BCUT2D eigenvalue weighted by molar-refractivity contribution is 6.34. The van der Waals surface area contributed by atoms with E-state index in [1.165, 1.54) is 18.2 Å². The minimum absolute atomic E-state index is 0.0121. The Morgan fingerprint density at radius 3 is 2.35 bits per heavy atom. The summed E-state index contributed by atoms with van der Waals surface area (Å²) in [5, 5.41) is 18.7. The molecule has 0 heterocycles. The first-order chi connectivity index (χ1) is 9.49. The lowest BCUT2D eigenvalue weighted by Gasteiger charge is -2.08. The summed E-state index contributed by atoms with van der Waals surface area (Å²) >= 11 is 11.7. The molecule has 1 N–H and O–H groups in total. The van der Waals surface area contributed by atoms with Gasteiger partial charge in [-0.25, -0.2) is 4.79 Å². The summed E-state index contributed by atoms with van der Waals surface area (Å²) in [6.07, 6.45) is 0. The number of aromatic carboxylic acids is 1. The van der Waals surface area contributed by atoms with Crippen LogP contribution in [-0.2, 0) is 0 Å². The first-order valence-corrected chi connectivity index (χ1v) is 6.16. The number of carboxylic acids is 1. The molecule has 0 aliphatic carbocycles. The van der Waals surface area contributed by atoms with Gasteiger partial charge in [0, 0.05) is 10.0 Å². The standard InChI is InChI=1S/C14H7Cl2NO3/c15-10-4-11(16)6-12(5-10)20-13-2-1-8(14(18)19)3-9(13)7-17/h1-6H,(H,18,19). The normalized spacial score (nSPS) is 9.85. The van der Waals surface area contributed by atoms with Crippen LogP contribution in [-0.4, -0.2) is 11.1 Å². The van der Waals surface area contributed by atoms with Gasteiger partial charge >= 0.3 is 5.97 Å². The van der Waals surface area contributed by atoms with Gasteiger partial charge in [-0.1, -0.05) is 23.2 Å². The third-order valence-corrected chi connectivity index (χ3v) is 2.85. The van der Waals surface area contributed by atoms with Crippen molar-refractivity contribution in [2.24, 2.45) is 0 Å². The maximum atomic E-state index is 10.8. The lowest BCUT2D eigenvalue weighted by atomic mass is 10.1. The number of nitriles is 1. The molecule has 20 heavy (non-hydrogen) atoms. The second-order valence-corrected chi connectivity index (χ2v) is 4.71. The highest BCUT2D eigenvalue weighted by Gasteiger charge is 2.10. The molecule has 0 amide bonds. The lowest BCUT2D eigenvalue weighted by Crippen LogP contribution is -1.98. The highest BCUT2D eigenvalue weighted by Crippen LogP contribution is 2.30. The van der Waals surface area contributed by atoms with E-state index in [4.69, 9.17) is 38.3 Å². The number of hydrogen-bond acceptors (Lipinski definition) is 3. The molecule has 2 aromatic carbocycles. The van der Waals surface area contributed by atoms with Gasteiger partial charge in [-0.15, -0.1) is 0 Å². The Morgan fingerprint density at radius 1 is 1.15 bits per heavy atom. The number of benzene rings is 2. The summed E-state index contributed by atoms with van der Waals surface area (Å²) in [5.74, 6) is -0.517. The van der Waals surface area contributed by atoms with Gasteiger partial charge < -0.3 is 9.84 Å². The van der Waals surface area contributed by atoms with E-state index >= 15 is 0 Å². The Bertz CT molecular complexity index is 703. The average Bonchev–Trinajstić information content (AvgIpc) is 2.37. The van der Waals surface area contributed by atoms with E-state index in [2.05, 4.69) is 0 Å². The molecule has 2 rings (SSSR count). The first-order valence-electron chi connectivity index (χ1n) is 5.41. The molecule has 0 aromatic heterocycles. The molecule has 0 unspecified atom stereocenters. The van der Waals surface area contributed by atoms with Crippen molar-refractivity contribution in [2.75, 3.05) is 0 Å². The van der Waals surface area contributed by atoms with Crippen LogP contribution in [0.25, 0.3) is 0 Å². The van der Waals surface area contributed by atoms with Crippen LogP contribution in [0.1, 0.15) is 15.9 Å². The van der Waals surface area contributed by atoms with Crippen molar-refractivity contribution < 1.29 is 14.6 Å². The van der Waals surface area contributed by atoms with Crippen LogP contribution in [0.15, 0.2) is 36.4 Å². The van der Waals surface area contributed by atoms with Crippen molar-refractivity contribution in [3.05, 3.63) is 57.6 Å². The fraction of sp³-hybridized carbons (Fsp3) is 0. The predicted molar refractivity (Wildman–Crippen MR) is 74.7 cm³/mol. The Kier molecular flexibility index (Phi) is 4.14. The maximum Gasteiger partial charge on any atom is 0.335 e. The molecule has 0 saturated heterocycles. The molecule has 0 aliphatic heterocycles. The van der Waals surface area contributed by atoms with Gasteiger partial charge in [0.25, 0.3) is 0 Å². The van der Waals surface area contributed by atoms with E-state index in [9.17, 15) is 4.79 Å². The van der Waals surface area contributed by atoms with E-state index < -0.39 is 5.97 Å². The molecule has 0 fully saturated rings. The first kappa shape index (κ1) is 14.2. The van der Waals surface area contributed by atoms with Crippen LogP contribution in [0.2, 0.25) is 10.0 Å². The van der Waals surface area contributed by atoms with Crippen LogP contribution in [0.5, 0.6) is 11.5 Å². The smallest absolute Gasteiger partial charge is 0.335 e. The number of halogens is 2. The fourth-order valence-corrected chi connectivity index (χ4v) is 2.06. The zero-order chi connectivity index (χ0) is 14.7. The van der Waals surface area contributed by atoms with Gasteiger partial charge in [0.2, 0.25) is 0 Å². The summed E-state index contributed by atoms with van der Waals surface area (Å²) in [5.41, 5.74) is 0.124. The van der Waals surface area contributed by atoms with E-state index in [1.54, 1.807) is 18.2 Å². The highest BCUT2D eigenvalue weighted by atomic mass is 35.5. The van der Waals surface area contributed by atoms with Crippen LogP contribution in [0.4, 0.5) is 0 Å². The van der Waals surface area contributed by atoms with E-state index in [0.29, 0.717) is 15.8 Å². The van der Waals surface area contributed by atoms with Gasteiger partial charge in [-0.3, -0.25) is 0 Å². The van der Waals surface area contributed by atoms with Gasteiger partial charge in [0.15, 0.2) is 0 Å². The molecule has 6 heteroatoms. The van der Waals surface area contributed by atoms with Crippen LogP contribution >= 0.6 is 23.2 Å². The number of hydrogen-bond donors (Lipinski definition) is 1. The number of nitrogens with zero attached hydrogens (tertiary/aromatic N) is 1. The van der Waals surface area contributed by atoms with Gasteiger partial charge in [-0.05, 0) is 36.4 Å². The lowest BCUT2D eigenvalue weighted by molar-refractivity contribution is 0.0697. The molecule has 0 bridgehead atoms. The van der Waals surface area contributed by atoms with Gasteiger partial charge in [-0.2, -0.15) is 5.26 Å². The number of ether oxygens (including phenoxy) is 1. The third kappa shape index (κ3) is 3.21. The van der Waals surface area contributed by atoms with Gasteiger partial charge in [0.05, 0.1) is 11.1 Å². The Labute approximate surface area is 124 Å². The molecule has 0 aliphatic rings. The quantitative estimate of drug-likeness (QED) is 0.914. The summed E-state index contributed by atoms with van der Waals surface area (Å²) in [6.45, 7) is 0. The molecule has 0 radical (unpaired) electrons. The predicted octanol–water partition coefficient (Wildman–Crippen LogP) is 4.36. The Balaban J connectivity index is 2.38. The summed E-state index contributed by atoms with van der Waals surface area (Å²) < 4.78 is 5.51. The molecule has 0 saturated carbocycles. The minimum atomic E-state index is -1.11. The summed E-state index contributed by atoms with van der Waals surface area (Å²) in [4.78, 5) is 10.8. The Morgan fingerprint density at radius 2 is 1.80 bits per heavy atom. The van der Waals surface area contributed by atoms with Crippen molar-refractivity contribution in [2.45, 2.75) is 0 Å². The fourth-order valence-electron chi connectivity index (χ4n) is 1.55. The molecule has 100 valence electrons. The van der Waals surface area contributed by atoms with Crippen molar-refractivity contribution >= 4 is 29.2 Å². The van der Waals surface area contributed by atoms with Crippen molar-refractivity contribution in [1.29, 1.82) is 5.26 Å². The summed E-state index contributed by atoms with van der Waals surface area (Å²) in [6, 6.07) is 10.5.